The second-order valence-electron chi connectivity index (χ2n) is 10.3. The number of rotatable bonds is 2. The molecule has 0 amide bonds. The molecule has 0 radical (unpaired) electrons. The van der Waals surface area contributed by atoms with E-state index in [1.54, 1.807) is 0 Å². The molecular weight excluding hydrogens is 744 g/mol. The van der Waals surface area contributed by atoms with Gasteiger partial charge in [-0.1, -0.05) is 84.9 Å². The molecule has 0 saturated carbocycles. The van der Waals surface area contributed by atoms with Gasteiger partial charge in [-0.15, -0.1) is 0 Å². The third kappa shape index (κ3) is 4.63. The third-order valence-electron chi connectivity index (χ3n) is 7.51. The van der Waals surface area contributed by atoms with Crippen LogP contribution < -0.4 is 9.97 Å². The summed E-state index contributed by atoms with van der Waals surface area (Å²) in [6, 6.07) is 35.6. The second kappa shape index (κ2) is 10.8. The first kappa shape index (κ1) is 26.9. The number of aromatic nitrogens is 10. The second-order valence-corrected chi connectivity index (χ2v) is 10.3. The molecule has 0 N–H and O–H groups in total. The number of nitrogens with zero attached hydrogens (tertiary/aromatic N) is 10. The summed E-state index contributed by atoms with van der Waals surface area (Å²) in [5.41, 5.74) is 4.75. The van der Waals surface area contributed by atoms with E-state index in [0.717, 1.165) is 32.9 Å². The maximum Gasteiger partial charge on any atom is 2.00 e. The monoisotopic (exact) mass is 763 g/mol. The van der Waals surface area contributed by atoms with Gasteiger partial charge in [0.2, 0.25) is 0 Å². The Kier molecular flexibility index (Phi) is 6.43. The van der Waals surface area contributed by atoms with E-state index in [-0.39, 0.29) is 21.1 Å². The van der Waals surface area contributed by atoms with Crippen LogP contribution in [-0.4, -0.2) is 39.0 Å². The average Bonchev–Trinajstić information content (AvgIpc) is 3.83. The van der Waals surface area contributed by atoms with Crippen LogP contribution in [0.1, 0.15) is 0 Å². The first-order chi connectivity index (χ1) is 21.8. The Bertz CT molecular complexity index is 2430. The molecule has 9 rings (SSSR count). The van der Waals surface area contributed by atoms with Crippen molar-refractivity contribution in [1.29, 1.82) is 0 Å². The van der Waals surface area contributed by atoms with Crippen LogP contribution in [-0.2, 0) is 21.1 Å². The van der Waals surface area contributed by atoms with Gasteiger partial charge in [-0.25, -0.2) is 9.97 Å². The van der Waals surface area contributed by atoms with Gasteiger partial charge in [0.25, 0.3) is 0 Å². The molecule has 0 atom stereocenters. The molecule has 0 saturated heterocycles. The van der Waals surface area contributed by atoms with Gasteiger partial charge in [0.1, 0.15) is 11.3 Å². The Labute approximate surface area is 269 Å². The summed E-state index contributed by atoms with van der Waals surface area (Å²) in [6.07, 6.45) is 3.72. The molecule has 0 aliphatic rings. The quantitative estimate of drug-likeness (QED) is 0.206. The summed E-state index contributed by atoms with van der Waals surface area (Å²) in [4.78, 5) is 39.1. The van der Waals surface area contributed by atoms with Gasteiger partial charge in [0.15, 0.2) is 11.6 Å². The predicted octanol–water partition coefficient (Wildman–Crippen LogP) is 6.16. The van der Waals surface area contributed by atoms with E-state index in [1.807, 2.05) is 131 Å². The topological polar surface area (TPSA) is 115 Å². The van der Waals surface area contributed by atoms with Crippen molar-refractivity contribution in [1.82, 2.24) is 49.0 Å². The average molecular weight is 764 g/mol. The fraction of sp³-hybridized carbons (Fsp3) is 0. The minimum atomic E-state index is 0. The van der Waals surface area contributed by atoms with Crippen LogP contribution in [0.3, 0.4) is 0 Å². The van der Waals surface area contributed by atoms with Crippen molar-refractivity contribution in [3.8, 4) is 11.4 Å². The minimum Gasteiger partial charge on any atom is -0.357 e. The predicted molar refractivity (Wildman–Crippen MR) is 170 cm³/mol. The fourth-order valence-corrected chi connectivity index (χ4v) is 5.47. The van der Waals surface area contributed by atoms with Gasteiger partial charge < -0.3 is 29.9 Å². The van der Waals surface area contributed by atoms with Crippen molar-refractivity contribution in [2.24, 2.45) is 0 Å². The molecule has 5 heterocycles. The summed E-state index contributed by atoms with van der Waals surface area (Å²) in [6.45, 7) is 0. The molecule has 0 aliphatic carbocycles. The maximum absolute atomic E-state index is 4.96. The van der Waals surface area contributed by atoms with Crippen LogP contribution in [0.5, 0.6) is 0 Å². The van der Waals surface area contributed by atoms with Crippen LogP contribution in [0, 0.1) is 0 Å². The summed E-state index contributed by atoms with van der Waals surface area (Å²) < 4.78 is 3.81. The normalized spacial score (nSPS) is 11.4. The fourth-order valence-electron chi connectivity index (χ4n) is 5.47. The Hall–Kier alpha value is -5.73. The summed E-state index contributed by atoms with van der Waals surface area (Å²) >= 11 is 0. The zero-order valence-electron chi connectivity index (χ0n) is 23.3. The molecule has 0 fully saturated rings. The van der Waals surface area contributed by atoms with E-state index in [2.05, 4.69) is 0 Å². The van der Waals surface area contributed by atoms with E-state index in [1.165, 1.54) is 0 Å². The zero-order chi connectivity index (χ0) is 29.0. The zero-order valence-corrected chi connectivity index (χ0v) is 25.6. The summed E-state index contributed by atoms with van der Waals surface area (Å²) in [5.74, 6) is 0.876. The summed E-state index contributed by atoms with van der Waals surface area (Å²) in [5, 5.41) is 3.44. The van der Waals surface area contributed by atoms with Crippen LogP contribution in [0.2, 0.25) is 0 Å². The van der Waals surface area contributed by atoms with Crippen molar-refractivity contribution in [3.63, 3.8) is 0 Å². The van der Waals surface area contributed by atoms with Crippen molar-refractivity contribution in [3.05, 3.63) is 122 Å². The maximum atomic E-state index is 4.96. The Morgan fingerprint density at radius 2 is 0.711 bits per heavy atom. The Balaban J connectivity index is 0.00000300. The first-order valence-corrected chi connectivity index (χ1v) is 14.0. The van der Waals surface area contributed by atoms with E-state index >= 15 is 0 Å². The van der Waals surface area contributed by atoms with Crippen LogP contribution in [0.25, 0.3) is 78.4 Å². The van der Waals surface area contributed by atoms with E-state index in [9.17, 15) is 0 Å². The molecule has 45 heavy (non-hydrogen) atoms. The van der Waals surface area contributed by atoms with Gasteiger partial charge >= 0.3 is 21.1 Å². The first-order valence-electron chi connectivity index (χ1n) is 14.0. The van der Waals surface area contributed by atoms with Crippen LogP contribution >= 0.6 is 0 Å². The van der Waals surface area contributed by atoms with Gasteiger partial charge in [-0.2, -0.15) is 0 Å². The van der Waals surface area contributed by atoms with Crippen molar-refractivity contribution in [2.45, 2.75) is 0 Å². The van der Waals surface area contributed by atoms with Gasteiger partial charge in [0.05, 0.1) is 0 Å². The van der Waals surface area contributed by atoms with Crippen molar-refractivity contribution < 1.29 is 21.1 Å². The van der Waals surface area contributed by atoms with Crippen molar-refractivity contribution >= 4 is 67.0 Å². The number of benzene rings is 4. The molecule has 0 aliphatic heterocycles. The molecule has 4 aromatic carbocycles. The molecule has 216 valence electrons. The number of para-hydroxylation sites is 2. The Morgan fingerprint density at radius 3 is 1.09 bits per heavy atom. The minimum absolute atomic E-state index is 0. The van der Waals surface area contributed by atoms with Crippen LogP contribution in [0.15, 0.2) is 122 Å². The molecule has 0 unspecified atom stereocenters. The molecule has 11 heteroatoms. The molecule has 0 spiro atoms. The number of imidazole rings is 2. The van der Waals surface area contributed by atoms with Crippen LogP contribution in [0.4, 0.5) is 0 Å². The summed E-state index contributed by atoms with van der Waals surface area (Å²) in [7, 11) is 0. The molecule has 8 bridgehead atoms. The smallest absolute Gasteiger partial charge is 0.357 e. The van der Waals surface area contributed by atoms with Gasteiger partial charge in [0, 0.05) is 46.4 Å². The van der Waals surface area contributed by atoms with Gasteiger partial charge in [-0.3, -0.25) is 9.13 Å². The standard InChI is InChI=1S/C34H20N10.Pt/c1-3-11-21(12-4-1)43-19-27-35-29-24-16-8-10-18-26(24)32(40-29)42-34-38-28(20-44(34)22-13-5-2-6-14-22)36-30-23-15-7-9-17-25(23)31(39-30)41-33(43)37-27;/h1-20H;/q-2;+2. The third-order valence-corrected chi connectivity index (χ3v) is 7.51. The number of hydrogen-bond donors (Lipinski definition) is 0. The SMILES string of the molecule is [Pt+2].c1ccc(-n2cc3nc4[n-]c(nc5nc(cn5-c5ccccc5)nc5[n-]c(nc2n3)c2ccccc52)c2ccccc42)cc1. The van der Waals surface area contributed by atoms with Crippen molar-refractivity contribution in [2.75, 3.05) is 0 Å². The van der Waals surface area contributed by atoms with E-state index < -0.39 is 0 Å². The molecule has 5 aromatic heterocycles. The molecular formula is C34H20N10Pt. The van der Waals surface area contributed by atoms with E-state index in [4.69, 9.17) is 39.9 Å². The molecule has 9 aromatic rings. The van der Waals surface area contributed by atoms with E-state index in [0.29, 0.717) is 45.4 Å². The Morgan fingerprint density at radius 1 is 0.378 bits per heavy atom. The largest absolute Gasteiger partial charge is 2.00 e. The molecule has 10 nitrogen and oxygen atoms in total. The van der Waals surface area contributed by atoms with Gasteiger partial charge in [-0.05, 0) is 45.8 Å². The number of fused-ring (bicyclic) bond motifs is 14. The number of hydrogen-bond acceptors (Lipinski definition) is 6.